The lowest BCUT2D eigenvalue weighted by molar-refractivity contribution is -0.135. The Kier molecular flexibility index (Phi) is 3.84. The van der Waals surface area contributed by atoms with E-state index in [0.717, 1.165) is 16.0 Å². The number of aromatic nitrogens is 1. The maximum Gasteiger partial charge on any atom is 0.331 e. The molecule has 0 atom stereocenters. The SMILES string of the molecule is O=Cc1cccc(OC(=O)Cn2c(=O)sc3ccccc32)c1. The van der Waals surface area contributed by atoms with Crippen molar-refractivity contribution in [1.29, 1.82) is 0 Å². The Bertz CT molecular complexity index is 910. The number of benzene rings is 2. The van der Waals surface area contributed by atoms with Gasteiger partial charge >= 0.3 is 10.8 Å². The minimum Gasteiger partial charge on any atom is -0.425 e. The van der Waals surface area contributed by atoms with Gasteiger partial charge in [0.05, 0.1) is 10.2 Å². The molecule has 0 unspecified atom stereocenters. The van der Waals surface area contributed by atoms with Gasteiger partial charge in [0.1, 0.15) is 18.6 Å². The molecule has 1 aromatic heterocycles. The number of nitrogens with zero attached hydrogens (tertiary/aromatic N) is 1. The summed E-state index contributed by atoms with van der Waals surface area (Å²) < 4.78 is 7.38. The molecule has 0 aliphatic carbocycles. The van der Waals surface area contributed by atoms with E-state index < -0.39 is 5.97 Å². The van der Waals surface area contributed by atoms with E-state index in [1.807, 2.05) is 18.2 Å². The Morgan fingerprint density at radius 3 is 2.82 bits per heavy atom. The quantitative estimate of drug-likeness (QED) is 0.422. The Balaban J connectivity index is 1.82. The van der Waals surface area contributed by atoms with Crippen LogP contribution in [0.2, 0.25) is 0 Å². The van der Waals surface area contributed by atoms with Gasteiger partial charge in [0.25, 0.3) is 0 Å². The second-order valence-corrected chi connectivity index (χ2v) is 5.58. The minimum atomic E-state index is -0.561. The van der Waals surface area contributed by atoms with Gasteiger partial charge in [-0.3, -0.25) is 14.2 Å². The van der Waals surface area contributed by atoms with Gasteiger partial charge in [-0.25, -0.2) is 4.79 Å². The molecular formula is C16H11NO4S. The Morgan fingerprint density at radius 1 is 1.18 bits per heavy atom. The van der Waals surface area contributed by atoms with Crippen LogP contribution in [-0.4, -0.2) is 16.8 Å². The van der Waals surface area contributed by atoms with E-state index in [0.29, 0.717) is 17.4 Å². The van der Waals surface area contributed by atoms with E-state index in [9.17, 15) is 14.4 Å². The Labute approximate surface area is 129 Å². The summed E-state index contributed by atoms with van der Waals surface area (Å²) in [6.45, 7) is -0.172. The smallest absolute Gasteiger partial charge is 0.331 e. The lowest BCUT2D eigenvalue weighted by atomic mass is 10.2. The second-order valence-electron chi connectivity index (χ2n) is 4.59. The van der Waals surface area contributed by atoms with Gasteiger partial charge in [-0.15, -0.1) is 0 Å². The number of carbonyl (C=O) groups excluding carboxylic acids is 2. The van der Waals surface area contributed by atoms with Crippen molar-refractivity contribution in [1.82, 2.24) is 4.57 Å². The fourth-order valence-electron chi connectivity index (χ4n) is 2.11. The summed E-state index contributed by atoms with van der Waals surface area (Å²) in [7, 11) is 0. The molecule has 0 N–H and O–H groups in total. The lowest BCUT2D eigenvalue weighted by Gasteiger charge is -2.06. The van der Waals surface area contributed by atoms with E-state index >= 15 is 0 Å². The molecule has 5 nitrogen and oxygen atoms in total. The third-order valence-corrected chi connectivity index (χ3v) is 4.05. The average Bonchev–Trinajstić information content (AvgIpc) is 2.83. The summed E-state index contributed by atoms with van der Waals surface area (Å²) in [5.74, 6) is -0.282. The first-order chi connectivity index (χ1) is 10.7. The predicted molar refractivity (Wildman–Crippen MR) is 83.5 cm³/mol. The first-order valence-corrected chi connectivity index (χ1v) is 7.33. The number of thiazole rings is 1. The molecule has 0 fully saturated rings. The first-order valence-electron chi connectivity index (χ1n) is 6.51. The van der Waals surface area contributed by atoms with Crippen LogP contribution < -0.4 is 9.61 Å². The molecule has 0 amide bonds. The summed E-state index contributed by atoms with van der Waals surface area (Å²) in [5.41, 5.74) is 1.12. The molecule has 3 aromatic rings. The summed E-state index contributed by atoms with van der Waals surface area (Å²) in [4.78, 5) is 34.5. The van der Waals surface area contributed by atoms with E-state index in [4.69, 9.17) is 4.74 Å². The topological polar surface area (TPSA) is 65.4 Å². The molecule has 22 heavy (non-hydrogen) atoms. The van der Waals surface area contributed by atoms with Crippen LogP contribution in [0.15, 0.2) is 53.3 Å². The number of hydrogen-bond donors (Lipinski definition) is 0. The molecule has 1 heterocycles. The van der Waals surface area contributed by atoms with E-state index in [2.05, 4.69) is 0 Å². The molecule has 110 valence electrons. The first kappa shape index (κ1) is 14.2. The van der Waals surface area contributed by atoms with Crippen LogP contribution in [0.25, 0.3) is 10.2 Å². The van der Waals surface area contributed by atoms with E-state index in [1.165, 1.54) is 10.6 Å². The molecule has 3 rings (SSSR count). The van der Waals surface area contributed by atoms with Crippen molar-refractivity contribution in [3.8, 4) is 5.75 Å². The number of fused-ring (bicyclic) bond motifs is 1. The summed E-state index contributed by atoms with van der Waals surface area (Å²) >= 11 is 1.09. The van der Waals surface area contributed by atoms with Crippen molar-refractivity contribution in [2.75, 3.05) is 0 Å². The van der Waals surface area contributed by atoms with Crippen molar-refractivity contribution in [3.63, 3.8) is 0 Å². The number of para-hydroxylation sites is 1. The van der Waals surface area contributed by atoms with Crippen molar-refractivity contribution in [3.05, 3.63) is 63.8 Å². The van der Waals surface area contributed by atoms with Gasteiger partial charge in [0.15, 0.2) is 0 Å². The zero-order valence-corrected chi connectivity index (χ0v) is 12.2. The Hall–Kier alpha value is -2.73. The highest BCUT2D eigenvalue weighted by atomic mass is 32.1. The summed E-state index contributed by atoms with van der Waals surface area (Å²) in [6, 6.07) is 13.6. The number of rotatable bonds is 4. The fourth-order valence-corrected chi connectivity index (χ4v) is 3.00. The largest absolute Gasteiger partial charge is 0.425 e. The van der Waals surface area contributed by atoms with Crippen LogP contribution in [0.5, 0.6) is 5.75 Å². The molecular weight excluding hydrogens is 302 g/mol. The van der Waals surface area contributed by atoms with E-state index in [-0.39, 0.29) is 17.2 Å². The number of ether oxygens (including phenoxy) is 1. The van der Waals surface area contributed by atoms with Crippen LogP contribution in [0.4, 0.5) is 0 Å². The molecule has 0 saturated heterocycles. The van der Waals surface area contributed by atoms with Gasteiger partial charge in [0, 0.05) is 5.56 Å². The fraction of sp³-hybridized carbons (Fsp3) is 0.0625. The zero-order valence-electron chi connectivity index (χ0n) is 11.4. The highest BCUT2D eigenvalue weighted by Crippen LogP contribution is 2.17. The maximum absolute atomic E-state index is 12.0. The summed E-state index contributed by atoms with van der Waals surface area (Å²) in [6.07, 6.45) is 0.675. The van der Waals surface area contributed by atoms with Crippen LogP contribution in [-0.2, 0) is 11.3 Å². The predicted octanol–water partition coefficient (Wildman–Crippen LogP) is 2.48. The Morgan fingerprint density at radius 2 is 2.00 bits per heavy atom. The molecule has 0 aliphatic rings. The van der Waals surface area contributed by atoms with E-state index in [1.54, 1.807) is 24.3 Å². The highest BCUT2D eigenvalue weighted by molar-refractivity contribution is 7.16. The molecule has 0 aliphatic heterocycles. The molecule has 6 heteroatoms. The molecule has 0 radical (unpaired) electrons. The van der Waals surface area contributed by atoms with Crippen LogP contribution >= 0.6 is 11.3 Å². The van der Waals surface area contributed by atoms with Crippen molar-refractivity contribution >= 4 is 33.8 Å². The van der Waals surface area contributed by atoms with Crippen LogP contribution in [0.1, 0.15) is 10.4 Å². The van der Waals surface area contributed by atoms with Gasteiger partial charge in [-0.1, -0.05) is 35.6 Å². The third kappa shape index (κ3) is 2.82. The van der Waals surface area contributed by atoms with Gasteiger partial charge in [-0.05, 0) is 24.3 Å². The molecule has 0 spiro atoms. The van der Waals surface area contributed by atoms with Gasteiger partial charge in [-0.2, -0.15) is 0 Å². The lowest BCUT2D eigenvalue weighted by Crippen LogP contribution is -2.22. The third-order valence-electron chi connectivity index (χ3n) is 3.09. The monoisotopic (exact) mass is 313 g/mol. The second kappa shape index (κ2) is 5.95. The molecule has 2 aromatic carbocycles. The van der Waals surface area contributed by atoms with Crippen LogP contribution in [0, 0.1) is 0 Å². The zero-order chi connectivity index (χ0) is 15.5. The highest BCUT2D eigenvalue weighted by Gasteiger charge is 2.12. The van der Waals surface area contributed by atoms with Crippen LogP contribution in [0.3, 0.4) is 0 Å². The normalized spacial score (nSPS) is 10.5. The standard InChI is InChI=1S/C16H11NO4S/c18-10-11-4-3-5-12(8-11)21-15(19)9-17-13-6-1-2-7-14(13)22-16(17)20/h1-8,10H,9H2. The number of esters is 1. The maximum atomic E-state index is 12.0. The number of carbonyl (C=O) groups is 2. The molecule has 0 saturated carbocycles. The molecule has 0 bridgehead atoms. The average molecular weight is 313 g/mol. The van der Waals surface area contributed by atoms with Gasteiger partial charge in [0.2, 0.25) is 0 Å². The number of hydrogen-bond acceptors (Lipinski definition) is 5. The minimum absolute atomic E-state index is 0.172. The summed E-state index contributed by atoms with van der Waals surface area (Å²) in [5, 5.41) is 0. The van der Waals surface area contributed by atoms with Gasteiger partial charge < -0.3 is 4.74 Å². The van der Waals surface area contributed by atoms with Crippen molar-refractivity contribution in [2.24, 2.45) is 0 Å². The van der Waals surface area contributed by atoms with Crippen molar-refractivity contribution in [2.45, 2.75) is 6.54 Å². The number of aldehydes is 1. The van der Waals surface area contributed by atoms with Crippen molar-refractivity contribution < 1.29 is 14.3 Å².